The van der Waals surface area contributed by atoms with Gasteiger partial charge in [0.25, 0.3) is 0 Å². The second-order valence-electron chi connectivity index (χ2n) is 5.71. The number of hydrogen-bond acceptors (Lipinski definition) is 5. The van der Waals surface area contributed by atoms with Crippen LogP contribution in [0.5, 0.6) is 0 Å². The van der Waals surface area contributed by atoms with Crippen molar-refractivity contribution >= 4 is 11.6 Å². The molecule has 2 N–H and O–H groups in total. The largest absolute Gasteiger partial charge is 0.370 e. The summed E-state index contributed by atoms with van der Waals surface area (Å²) in [6.07, 6.45) is 3.76. The van der Waals surface area contributed by atoms with Crippen LogP contribution >= 0.6 is 0 Å². The molecule has 1 saturated heterocycles. The first-order chi connectivity index (χ1) is 9.65. The maximum absolute atomic E-state index is 4.46. The molecule has 20 heavy (non-hydrogen) atoms. The summed E-state index contributed by atoms with van der Waals surface area (Å²) in [6.45, 7) is 9.73. The maximum Gasteiger partial charge on any atom is 0.134 e. The van der Waals surface area contributed by atoms with Crippen molar-refractivity contribution in [2.75, 3.05) is 37.3 Å². The molecule has 2 rings (SSSR count). The number of hydrogen-bond donors (Lipinski definition) is 2. The molecular weight excluding hydrogens is 250 g/mol. The second kappa shape index (κ2) is 6.88. The number of anilines is 2. The van der Waals surface area contributed by atoms with Gasteiger partial charge in [0.2, 0.25) is 0 Å². The van der Waals surface area contributed by atoms with Crippen LogP contribution in [0.1, 0.15) is 32.8 Å². The molecule has 5 nitrogen and oxygen atoms in total. The molecule has 1 aromatic rings. The zero-order valence-corrected chi connectivity index (χ0v) is 13.1. The molecule has 2 heterocycles. The Labute approximate surface area is 122 Å². The summed E-state index contributed by atoms with van der Waals surface area (Å²) >= 11 is 0. The lowest BCUT2D eigenvalue weighted by molar-refractivity contribution is 0.206. The van der Waals surface area contributed by atoms with E-state index in [4.69, 9.17) is 0 Å². The van der Waals surface area contributed by atoms with Crippen molar-refractivity contribution in [3.05, 3.63) is 11.9 Å². The van der Waals surface area contributed by atoms with Gasteiger partial charge in [0.15, 0.2) is 0 Å². The number of piperidine rings is 1. The lowest BCUT2D eigenvalue weighted by Gasteiger charge is -2.35. The summed E-state index contributed by atoms with van der Waals surface area (Å²) in [6, 6.07) is 0.501. The maximum atomic E-state index is 4.46. The fourth-order valence-electron chi connectivity index (χ4n) is 2.94. The Morgan fingerprint density at radius 3 is 2.70 bits per heavy atom. The topological polar surface area (TPSA) is 53.1 Å². The predicted molar refractivity (Wildman–Crippen MR) is 84.3 cm³/mol. The van der Waals surface area contributed by atoms with E-state index in [9.17, 15) is 0 Å². The molecular formula is C15H27N5. The lowest BCUT2D eigenvalue weighted by atomic mass is 9.94. The molecule has 0 aliphatic carbocycles. The molecule has 1 aliphatic rings. The van der Waals surface area contributed by atoms with E-state index in [0.29, 0.717) is 12.0 Å². The minimum atomic E-state index is 0.501. The quantitative estimate of drug-likeness (QED) is 0.864. The standard InChI is InChI=1S/C15H27N5/c1-5-12-14(16-6-2)17-10-18-15(12)19-13-7-8-20(4)9-11(13)3/h10-11,13H,5-9H2,1-4H3,(H2,16,17,18,19). The lowest BCUT2D eigenvalue weighted by Crippen LogP contribution is -2.43. The van der Waals surface area contributed by atoms with E-state index >= 15 is 0 Å². The minimum absolute atomic E-state index is 0.501. The monoisotopic (exact) mass is 277 g/mol. The first-order valence-corrected chi connectivity index (χ1v) is 7.68. The average molecular weight is 277 g/mol. The fourth-order valence-corrected chi connectivity index (χ4v) is 2.94. The molecule has 0 radical (unpaired) electrons. The first-order valence-electron chi connectivity index (χ1n) is 7.68. The molecule has 0 saturated carbocycles. The zero-order chi connectivity index (χ0) is 14.5. The van der Waals surface area contributed by atoms with E-state index in [1.807, 2.05) is 0 Å². The van der Waals surface area contributed by atoms with Crippen LogP contribution in [0.3, 0.4) is 0 Å². The van der Waals surface area contributed by atoms with Gasteiger partial charge in [-0.1, -0.05) is 13.8 Å². The van der Waals surface area contributed by atoms with Gasteiger partial charge in [-0.3, -0.25) is 0 Å². The molecule has 2 unspecified atom stereocenters. The Morgan fingerprint density at radius 2 is 2.05 bits per heavy atom. The number of nitrogens with one attached hydrogen (secondary N) is 2. The van der Waals surface area contributed by atoms with Gasteiger partial charge in [-0.25, -0.2) is 9.97 Å². The van der Waals surface area contributed by atoms with Gasteiger partial charge in [0, 0.05) is 24.7 Å². The predicted octanol–water partition coefficient (Wildman–Crippen LogP) is 2.22. The Morgan fingerprint density at radius 1 is 1.30 bits per heavy atom. The Bertz CT molecular complexity index is 434. The molecule has 1 aliphatic heterocycles. The molecule has 1 aromatic heterocycles. The fraction of sp³-hybridized carbons (Fsp3) is 0.733. The third kappa shape index (κ3) is 3.39. The van der Waals surface area contributed by atoms with Crippen LogP contribution in [0.15, 0.2) is 6.33 Å². The second-order valence-corrected chi connectivity index (χ2v) is 5.71. The van der Waals surface area contributed by atoms with Crippen LogP contribution in [0.4, 0.5) is 11.6 Å². The van der Waals surface area contributed by atoms with E-state index in [0.717, 1.165) is 37.7 Å². The Kier molecular flexibility index (Phi) is 5.17. The van der Waals surface area contributed by atoms with Crippen molar-refractivity contribution < 1.29 is 0 Å². The number of aromatic nitrogens is 2. The van der Waals surface area contributed by atoms with E-state index in [2.05, 4.69) is 53.3 Å². The van der Waals surface area contributed by atoms with Crippen molar-refractivity contribution in [1.82, 2.24) is 14.9 Å². The molecule has 112 valence electrons. The highest BCUT2D eigenvalue weighted by Gasteiger charge is 2.25. The van der Waals surface area contributed by atoms with E-state index in [1.165, 1.54) is 12.0 Å². The van der Waals surface area contributed by atoms with Crippen LogP contribution < -0.4 is 10.6 Å². The van der Waals surface area contributed by atoms with Crippen LogP contribution in [-0.4, -0.2) is 47.6 Å². The van der Waals surface area contributed by atoms with E-state index < -0.39 is 0 Å². The summed E-state index contributed by atoms with van der Waals surface area (Å²) in [4.78, 5) is 11.2. The minimum Gasteiger partial charge on any atom is -0.370 e. The summed E-state index contributed by atoms with van der Waals surface area (Å²) in [5.74, 6) is 2.60. The highest BCUT2D eigenvalue weighted by molar-refractivity contribution is 5.57. The third-order valence-corrected chi connectivity index (χ3v) is 4.07. The van der Waals surface area contributed by atoms with Crippen LogP contribution in [0.25, 0.3) is 0 Å². The van der Waals surface area contributed by atoms with Crippen molar-refractivity contribution in [1.29, 1.82) is 0 Å². The molecule has 0 amide bonds. The summed E-state index contributed by atoms with van der Waals surface area (Å²) in [7, 11) is 2.19. The van der Waals surface area contributed by atoms with Crippen LogP contribution in [0.2, 0.25) is 0 Å². The molecule has 0 spiro atoms. The van der Waals surface area contributed by atoms with Gasteiger partial charge in [-0.2, -0.15) is 0 Å². The molecule has 5 heteroatoms. The van der Waals surface area contributed by atoms with Gasteiger partial charge in [0.05, 0.1) is 0 Å². The molecule has 2 atom stereocenters. The zero-order valence-electron chi connectivity index (χ0n) is 13.1. The van der Waals surface area contributed by atoms with Crippen molar-refractivity contribution in [2.24, 2.45) is 5.92 Å². The van der Waals surface area contributed by atoms with E-state index in [-0.39, 0.29) is 0 Å². The first kappa shape index (κ1) is 15.0. The summed E-state index contributed by atoms with van der Waals surface area (Å²) < 4.78 is 0. The van der Waals surface area contributed by atoms with Crippen molar-refractivity contribution in [3.63, 3.8) is 0 Å². The normalized spacial score (nSPS) is 23.6. The van der Waals surface area contributed by atoms with Crippen molar-refractivity contribution in [2.45, 2.75) is 39.7 Å². The summed E-state index contributed by atoms with van der Waals surface area (Å²) in [5, 5.41) is 6.98. The van der Waals surface area contributed by atoms with E-state index in [1.54, 1.807) is 6.33 Å². The smallest absolute Gasteiger partial charge is 0.134 e. The molecule has 0 aromatic carbocycles. The highest BCUT2D eigenvalue weighted by Crippen LogP contribution is 2.25. The molecule has 0 bridgehead atoms. The number of likely N-dealkylation sites (tertiary alicyclic amines) is 1. The highest BCUT2D eigenvalue weighted by atomic mass is 15.1. The van der Waals surface area contributed by atoms with Gasteiger partial charge in [-0.15, -0.1) is 0 Å². The average Bonchev–Trinajstić information content (AvgIpc) is 2.42. The SMILES string of the molecule is CCNc1ncnc(NC2CCN(C)CC2C)c1CC. The summed E-state index contributed by atoms with van der Waals surface area (Å²) in [5.41, 5.74) is 1.19. The Hall–Kier alpha value is -1.36. The van der Waals surface area contributed by atoms with Gasteiger partial charge in [-0.05, 0) is 39.3 Å². The van der Waals surface area contributed by atoms with Gasteiger partial charge < -0.3 is 15.5 Å². The van der Waals surface area contributed by atoms with Gasteiger partial charge >= 0.3 is 0 Å². The van der Waals surface area contributed by atoms with Crippen LogP contribution in [0, 0.1) is 5.92 Å². The Balaban J connectivity index is 2.14. The number of nitrogens with zero attached hydrogens (tertiary/aromatic N) is 3. The van der Waals surface area contributed by atoms with Gasteiger partial charge in [0.1, 0.15) is 18.0 Å². The third-order valence-electron chi connectivity index (χ3n) is 4.07. The molecule has 1 fully saturated rings. The van der Waals surface area contributed by atoms with Crippen LogP contribution in [-0.2, 0) is 6.42 Å². The van der Waals surface area contributed by atoms with Crippen molar-refractivity contribution in [3.8, 4) is 0 Å². The number of rotatable bonds is 5.